The average Bonchev–Trinajstić information content (AvgIpc) is 2.56. The molecule has 2 saturated heterocycles. The summed E-state index contributed by atoms with van der Waals surface area (Å²) in [6.07, 6.45) is 2.36. The van der Waals surface area contributed by atoms with Gasteiger partial charge in [-0.3, -0.25) is 9.80 Å². The van der Waals surface area contributed by atoms with Crippen LogP contribution in [0.5, 0.6) is 5.75 Å². The fraction of sp³-hybridized carbons (Fsp3) is 0.647. The van der Waals surface area contributed by atoms with Crippen LogP contribution < -0.4 is 4.74 Å². The molecule has 0 N–H and O–H groups in total. The molecule has 0 saturated carbocycles. The first-order valence-electron chi connectivity index (χ1n) is 7.94. The lowest BCUT2D eigenvalue weighted by atomic mass is 9.99. The molecular formula is C17H26N2O2. The highest BCUT2D eigenvalue weighted by atomic mass is 16.5. The second-order valence-corrected chi connectivity index (χ2v) is 6.11. The normalized spacial score (nSPS) is 25.9. The maximum atomic E-state index is 5.50. The summed E-state index contributed by atoms with van der Waals surface area (Å²) >= 11 is 0. The highest BCUT2D eigenvalue weighted by Crippen LogP contribution is 2.28. The molecule has 0 aliphatic carbocycles. The van der Waals surface area contributed by atoms with Crippen LogP contribution in [0.3, 0.4) is 0 Å². The molecule has 2 aliphatic heterocycles. The number of methoxy groups -OCH3 is 1. The minimum Gasteiger partial charge on any atom is -0.497 e. The predicted molar refractivity (Wildman–Crippen MR) is 83.8 cm³/mol. The molecule has 4 nitrogen and oxygen atoms in total. The number of rotatable bonds is 3. The van der Waals surface area contributed by atoms with Crippen molar-refractivity contribution < 1.29 is 9.47 Å². The molecule has 2 aliphatic rings. The summed E-state index contributed by atoms with van der Waals surface area (Å²) in [6.45, 7) is 5.27. The molecule has 0 bridgehead atoms. The Bertz CT molecular complexity index is 443. The zero-order valence-electron chi connectivity index (χ0n) is 13.1. The Hall–Kier alpha value is -1.10. The third-order valence-corrected chi connectivity index (χ3v) is 4.89. The summed E-state index contributed by atoms with van der Waals surface area (Å²) in [5.41, 5.74) is 1.38. The number of piperazine rings is 1. The van der Waals surface area contributed by atoms with Crippen LogP contribution in [0.2, 0.25) is 0 Å². The van der Waals surface area contributed by atoms with E-state index in [2.05, 4.69) is 41.1 Å². The molecule has 3 rings (SSSR count). The third-order valence-electron chi connectivity index (χ3n) is 4.89. The third kappa shape index (κ3) is 3.39. The van der Waals surface area contributed by atoms with E-state index in [1.54, 1.807) is 7.11 Å². The van der Waals surface area contributed by atoms with Gasteiger partial charge in [0.15, 0.2) is 0 Å². The van der Waals surface area contributed by atoms with Crippen LogP contribution in [0.25, 0.3) is 0 Å². The molecular weight excluding hydrogens is 264 g/mol. The van der Waals surface area contributed by atoms with E-state index in [0.29, 0.717) is 12.1 Å². The number of benzene rings is 1. The molecule has 1 unspecified atom stereocenters. The molecule has 116 valence electrons. The van der Waals surface area contributed by atoms with Gasteiger partial charge in [-0.05, 0) is 37.6 Å². The summed E-state index contributed by atoms with van der Waals surface area (Å²) in [5, 5.41) is 0. The van der Waals surface area contributed by atoms with E-state index in [9.17, 15) is 0 Å². The van der Waals surface area contributed by atoms with Crippen LogP contribution in [0.15, 0.2) is 24.3 Å². The standard InChI is InChI=1S/C17H26N2O2/c1-18-9-10-19(15-7-11-21-12-8-15)13-17(18)14-3-5-16(20-2)6-4-14/h3-6,15,17H,7-13H2,1-2H3. The Kier molecular flexibility index (Phi) is 4.78. The van der Waals surface area contributed by atoms with Gasteiger partial charge in [-0.25, -0.2) is 0 Å². The Labute approximate surface area is 127 Å². The van der Waals surface area contributed by atoms with E-state index >= 15 is 0 Å². The molecule has 1 atom stereocenters. The van der Waals surface area contributed by atoms with Gasteiger partial charge in [-0.15, -0.1) is 0 Å². The largest absolute Gasteiger partial charge is 0.497 e. The van der Waals surface area contributed by atoms with Crippen molar-refractivity contribution in [2.45, 2.75) is 24.9 Å². The van der Waals surface area contributed by atoms with Crippen molar-refractivity contribution in [2.75, 3.05) is 47.0 Å². The first-order chi connectivity index (χ1) is 10.3. The SMILES string of the molecule is COc1ccc(C2CN(C3CCOCC3)CCN2C)cc1. The zero-order valence-corrected chi connectivity index (χ0v) is 13.1. The molecule has 21 heavy (non-hydrogen) atoms. The van der Waals surface area contributed by atoms with Crippen LogP contribution in [0.4, 0.5) is 0 Å². The van der Waals surface area contributed by atoms with Crippen molar-refractivity contribution in [3.8, 4) is 5.75 Å². The monoisotopic (exact) mass is 290 g/mol. The number of ether oxygens (including phenoxy) is 2. The van der Waals surface area contributed by atoms with Crippen LogP contribution in [-0.2, 0) is 4.74 Å². The van der Waals surface area contributed by atoms with E-state index in [1.807, 2.05) is 0 Å². The number of nitrogens with zero attached hydrogens (tertiary/aromatic N) is 2. The summed E-state index contributed by atoms with van der Waals surface area (Å²) in [4.78, 5) is 5.13. The lowest BCUT2D eigenvalue weighted by Crippen LogP contribution is -2.51. The lowest BCUT2D eigenvalue weighted by Gasteiger charge is -2.44. The second kappa shape index (κ2) is 6.77. The summed E-state index contributed by atoms with van der Waals surface area (Å²) in [7, 11) is 3.95. The maximum Gasteiger partial charge on any atom is 0.118 e. The van der Waals surface area contributed by atoms with Crippen LogP contribution in [0.1, 0.15) is 24.4 Å². The Morgan fingerprint density at radius 1 is 1.10 bits per heavy atom. The first-order valence-corrected chi connectivity index (χ1v) is 7.94. The molecule has 0 radical (unpaired) electrons. The van der Waals surface area contributed by atoms with Gasteiger partial charge in [-0.1, -0.05) is 12.1 Å². The van der Waals surface area contributed by atoms with Crippen molar-refractivity contribution >= 4 is 0 Å². The van der Waals surface area contributed by atoms with Gasteiger partial charge in [0.2, 0.25) is 0 Å². The minimum absolute atomic E-state index is 0.479. The first kappa shape index (κ1) is 14.8. The second-order valence-electron chi connectivity index (χ2n) is 6.11. The maximum absolute atomic E-state index is 5.50. The number of hydrogen-bond donors (Lipinski definition) is 0. The minimum atomic E-state index is 0.479. The van der Waals surface area contributed by atoms with Crippen LogP contribution in [0, 0.1) is 0 Å². The van der Waals surface area contributed by atoms with Gasteiger partial charge in [0.1, 0.15) is 5.75 Å². The molecule has 1 aromatic carbocycles. The van der Waals surface area contributed by atoms with Crippen molar-refractivity contribution in [3.63, 3.8) is 0 Å². The van der Waals surface area contributed by atoms with E-state index in [-0.39, 0.29) is 0 Å². The topological polar surface area (TPSA) is 24.9 Å². The zero-order chi connectivity index (χ0) is 14.7. The van der Waals surface area contributed by atoms with E-state index < -0.39 is 0 Å². The van der Waals surface area contributed by atoms with E-state index in [4.69, 9.17) is 9.47 Å². The molecule has 2 heterocycles. The Morgan fingerprint density at radius 2 is 1.81 bits per heavy atom. The summed E-state index contributed by atoms with van der Waals surface area (Å²) < 4.78 is 10.8. The summed E-state index contributed by atoms with van der Waals surface area (Å²) in [6, 6.07) is 9.72. The van der Waals surface area contributed by atoms with Gasteiger partial charge in [0.25, 0.3) is 0 Å². The summed E-state index contributed by atoms with van der Waals surface area (Å²) in [5.74, 6) is 0.929. The van der Waals surface area contributed by atoms with Crippen molar-refractivity contribution in [3.05, 3.63) is 29.8 Å². The van der Waals surface area contributed by atoms with Gasteiger partial charge in [0, 0.05) is 44.9 Å². The number of likely N-dealkylation sites (N-methyl/N-ethyl adjacent to an activating group) is 1. The number of hydrogen-bond acceptors (Lipinski definition) is 4. The van der Waals surface area contributed by atoms with Crippen molar-refractivity contribution in [1.82, 2.24) is 9.80 Å². The fourth-order valence-electron chi connectivity index (χ4n) is 3.46. The molecule has 1 aromatic rings. The smallest absolute Gasteiger partial charge is 0.118 e. The fourth-order valence-corrected chi connectivity index (χ4v) is 3.46. The highest BCUT2D eigenvalue weighted by molar-refractivity contribution is 5.29. The van der Waals surface area contributed by atoms with Crippen molar-refractivity contribution in [2.24, 2.45) is 0 Å². The molecule has 0 spiro atoms. The van der Waals surface area contributed by atoms with Gasteiger partial charge in [0.05, 0.1) is 7.11 Å². The Balaban J connectivity index is 1.70. The average molecular weight is 290 g/mol. The predicted octanol–water partition coefficient (Wildman–Crippen LogP) is 2.16. The highest BCUT2D eigenvalue weighted by Gasteiger charge is 2.30. The van der Waals surface area contributed by atoms with Gasteiger partial charge in [-0.2, -0.15) is 0 Å². The van der Waals surface area contributed by atoms with E-state index in [0.717, 1.165) is 32.1 Å². The van der Waals surface area contributed by atoms with Gasteiger partial charge >= 0.3 is 0 Å². The molecule has 2 fully saturated rings. The molecule has 4 heteroatoms. The molecule has 0 aromatic heterocycles. The molecule has 0 amide bonds. The van der Waals surface area contributed by atoms with Crippen LogP contribution in [-0.4, -0.2) is 62.8 Å². The Morgan fingerprint density at radius 3 is 2.48 bits per heavy atom. The van der Waals surface area contributed by atoms with Crippen LogP contribution >= 0.6 is 0 Å². The van der Waals surface area contributed by atoms with E-state index in [1.165, 1.54) is 24.9 Å². The lowest BCUT2D eigenvalue weighted by molar-refractivity contribution is 0.000993. The van der Waals surface area contributed by atoms with Crippen molar-refractivity contribution in [1.29, 1.82) is 0 Å². The van der Waals surface area contributed by atoms with Gasteiger partial charge < -0.3 is 9.47 Å². The quantitative estimate of drug-likeness (QED) is 0.852.